The normalized spacial score (nSPS) is 11.9. The lowest BCUT2D eigenvalue weighted by atomic mass is 10.3. The lowest BCUT2D eigenvalue weighted by Gasteiger charge is -2.09. The number of aromatic nitrogens is 4. The van der Waals surface area contributed by atoms with Crippen molar-refractivity contribution in [3.63, 3.8) is 0 Å². The van der Waals surface area contributed by atoms with Crippen LogP contribution in [0.2, 0.25) is 0 Å². The summed E-state index contributed by atoms with van der Waals surface area (Å²) in [6.45, 7) is 0. The molecule has 0 fully saturated rings. The fourth-order valence-corrected chi connectivity index (χ4v) is 1.83. The number of nitrogens with zero attached hydrogens (tertiary/aromatic N) is 4. The second kappa shape index (κ2) is 4.04. The number of para-hydroxylation sites is 2. The third kappa shape index (κ3) is 1.92. The van der Waals surface area contributed by atoms with E-state index >= 15 is 0 Å². The number of halogens is 3. The first-order valence-corrected chi connectivity index (χ1v) is 5.39. The number of rotatable bonds is 1. The van der Waals surface area contributed by atoms with Crippen LogP contribution in [0, 0.1) is 0 Å². The van der Waals surface area contributed by atoms with E-state index in [4.69, 9.17) is 0 Å². The molecule has 0 atom stereocenters. The fraction of sp³-hybridized carbons (Fsp3) is 0.0833. The Kier molecular flexibility index (Phi) is 2.48. The van der Waals surface area contributed by atoms with Crippen LogP contribution in [0.1, 0.15) is 5.82 Å². The first-order valence-electron chi connectivity index (χ1n) is 5.39. The molecule has 0 aliphatic rings. The monoisotopic (exact) mass is 264 g/mol. The molecule has 0 amide bonds. The second-order valence-electron chi connectivity index (χ2n) is 3.81. The molecule has 0 bridgehead atoms. The summed E-state index contributed by atoms with van der Waals surface area (Å²) in [5.74, 6) is -1.08. The van der Waals surface area contributed by atoms with Crippen LogP contribution in [0.4, 0.5) is 13.2 Å². The molecule has 96 valence electrons. The van der Waals surface area contributed by atoms with E-state index in [1.165, 1.54) is 24.5 Å². The molecule has 2 aromatic heterocycles. The number of alkyl halides is 3. The summed E-state index contributed by atoms with van der Waals surface area (Å²) in [7, 11) is 0. The molecule has 0 unspecified atom stereocenters. The van der Waals surface area contributed by atoms with Crippen molar-refractivity contribution in [2.75, 3.05) is 0 Å². The summed E-state index contributed by atoms with van der Waals surface area (Å²) in [4.78, 5) is 11.3. The highest BCUT2D eigenvalue weighted by Crippen LogP contribution is 2.32. The van der Waals surface area contributed by atoms with Crippen molar-refractivity contribution in [3.05, 3.63) is 48.5 Å². The van der Waals surface area contributed by atoms with Gasteiger partial charge in [0.1, 0.15) is 0 Å². The first-order chi connectivity index (χ1) is 9.07. The van der Waals surface area contributed by atoms with Gasteiger partial charge >= 0.3 is 6.18 Å². The molecule has 3 rings (SSSR count). The van der Waals surface area contributed by atoms with Crippen molar-refractivity contribution in [2.24, 2.45) is 0 Å². The van der Waals surface area contributed by atoms with Gasteiger partial charge in [-0.05, 0) is 18.2 Å². The number of fused-ring (bicyclic) bond motifs is 1. The molecule has 0 saturated heterocycles. The molecule has 2 heterocycles. The molecule has 0 spiro atoms. The van der Waals surface area contributed by atoms with Crippen LogP contribution < -0.4 is 0 Å². The van der Waals surface area contributed by atoms with Crippen LogP contribution in [0.15, 0.2) is 42.7 Å². The summed E-state index contributed by atoms with van der Waals surface area (Å²) in [6, 6.07) is 7.88. The highest BCUT2D eigenvalue weighted by molar-refractivity contribution is 5.77. The zero-order valence-electron chi connectivity index (χ0n) is 9.46. The van der Waals surface area contributed by atoms with Crippen LogP contribution in [0.25, 0.3) is 17.0 Å². The molecule has 0 radical (unpaired) electrons. The van der Waals surface area contributed by atoms with Gasteiger partial charge in [0.25, 0.3) is 0 Å². The Morgan fingerprint density at radius 3 is 2.32 bits per heavy atom. The molecule has 0 aliphatic heterocycles. The third-order valence-electron chi connectivity index (χ3n) is 2.57. The van der Waals surface area contributed by atoms with E-state index in [-0.39, 0.29) is 11.5 Å². The lowest BCUT2D eigenvalue weighted by molar-refractivity contribution is -0.145. The smallest absolute Gasteiger partial charge is 0.257 e. The van der Waals surface area contributed by atoms with Gasteiger partial charge in [0.15, 0.2) is 0 Å². The number of hydrogen-bond donors (Lipinski definition) is 0. The Bertz CT molecular complexity index is 719. The summed E-state index contributed by atoms with van der Waals surface area (Å²) in [6.07, 6.45) is -1.80. The zero-order valence-corrected chi connectivity index (χ0v) is 9.46. The molecule has 7 heteroatoms. The fourth-order valence-electron chi connectivity index (χ4n) is 1.83. The summed E-state index contributed by atoms with van der Waals surface area (Å²) >= 11 is 0. The van der Waals surface area contributed by atoms with E-state index in [2.05, 4.69) is 15.0 Å². The van der Waals surface area contributed by atoms with Crippen molar-refractivity contribution in [3.8, 4) is 5.95 Å². The average molecular weight is 264 g/mol. The molecule has 4 nitrogen and oxygen atoms in total. The topological polar surface area (TPSA) is 43.6 Å². The molecule has 1 aromatic carbocycles. The van der Waals surface area contributed by atoms with Crippen molar-refractivity contribution in [2.45, 2.75) is 6.18 Å². The molecular formula is C12H7F3N4. The van der Waals surface area contributed by atoms with E-state index in [0.29, 0.717) is 5.52 Å². The zero-order chi connectivity index (χ0) is 13.5. The van der Waals surface area contributed by atoms with Gasteiger partial charge < -0.3 is 0 Å². The highest BCUT2D eigenvalue weighted by Gasteiger charge is 2.38. The Labute approximate surface area is 105 Å². The van der Waals surface area contributed by atoms with E-state index in [9.17, 15) is 13.2 Å². The third-order valence-corrected chi connectivity index (χ3v) is 2.57. The molecule has 0 aliphatic carbocycles. The average Bonchev–Trinajstić information content (AvgIpc) is 2.79. The van der Waals surface area contributed by atoms with Crippen LogP contribution in [0.3, 0.4) is 0 Å². The first kappa shape index (κ1) is 11.6. The molecule has 0 saturated carbocycles. The van der Waals surface area contributed by atoms with E-state index < -0.39 is 12.0 Å². The quantitative estimate of drug-likeness (QED) is 0.678. The van der Waals surface area contributed by atoms with Gasteiger partial charge in [0.2, 0.25) is 11.8 Å². The van der Waals surface area contributed by atoms with Gasteiger partial charge in [0.05, 0.1) is 11.0 Å². The van der Waals surface area contributed by atoms with Crippen molar-refractivity contribution in [1.29, 1.82) is 0 Å². The summed E-state index contributed by atoms with van der Waals surface area (Å²) in [5, 5.41) is 0. The van der Waals surface area contributed by atoms with Gasteiger partial charge in [-0.15, -0.1) is 0 Å². The van der Waals surface area contributed by atoms with Crippen molar-refractivity contribution in [1.82, 2.24) is 19.5 Å². The van der Waals surface area contributed by atoms with Gasteiger partial charge in [0, 0.05) is 12.4 Å². The van der Waals surface area contributed by atoms with Gasteiger partial charge in [-0.25, -0.2) is 15.0 Å². The van der Waals surface area contributed by atoms with Crippen molar-refractivity contribution < 1.29 is 13.2 Å². The van der Waals surface area contributed by atoms with Gasteiger partial charge in [-0.1, -0.05) is 12.1 Å². The Balaban J connectivity index is 2.38. The lowest BCUT2D eigenvalue weighted by Crippen LogP contribution is -2.15. The minimum Gasteiger partial charge on any atom is -0.257 e. The SMILES string of the molecule is FC(F)(F)c1nc2ccccc2n1-c1ncccn1. The number of benzene rings is 1. The van der Waals surface area contributed by atoms with Crippen molar-refractivity contribution >= 4 is 11.0 Å². The maximum Gasteiger partial charge on any atom is 0.450 e. The van der Waals surface area contributed by atoms with E-state index in [0.717, 1.165) is 4.57 Å². The van der Waals surface area contributed by atoms with E-state index in [1.54, 1.807) is 18.2 Å². The van der Waals surface area contributed by atoms with Crippen LogP contribution in [0.5, 0.6) is 0 Å². The van der Waals surface area contributed by atoms with Crippen LogP contribution >= 0.6 is 0 Å². The van der Waals surface area contributed by atoms with Crippen LogP contribution in [-0.2, 0) is 6.18 Å². The number of imidazole rings is 1. The second-order valence-corrected chi connectivity index (χ2v) is 3.81. The van der Waals surface area contributed by atoms with E-state index in [1.807, 2.05) is 0 Å². The summed E-state index contributed by atoms with van der Waals surface area (Å²) in [5.41, 5.74) is 0.573. The Morgan fingerprint density at radius 2 is 1.63 bits per heavy atom. The highest BCUT2D eigenvalue weighted by atomic mass is 19.4. The molecule has 0 N–H and O–H groups in total. The Morgan fingerprint density at radius 1 is 0.947 bits per heavy atom. The predicted octanol–water partition coefficient (Wildman–Crippen LogP) is 2.83. The largest absolute Gasteiger partial charge is 0.450 e. The van der Waals surface area contributed by atoms with Gasteiger partial charge in [-0.3, -0.25) is 4.57 Å². The predicted molar refractivity (Wildman–Crippen MR) is 61.7 cm³/mol. The maximum atomic E-state index is 13.0. The Hall–Kier alpha value is -2.44. The molecule has 3 aromatic rings. The molecule has 19 heavy (non-hydrogen) atoms. The van der Waals surface area contributed by atoms with Crippen LogP contribution in [-0.4, -0.2) is 19.5 Å². The minimum atomic E-state index is -4.57. The summed E-state index contributed by atoms with van der Waals surface area (Å²) < 4.78 is 40.0. The minimum absolute atomic E-state index is 0.0523. The standard InChI is InChI=1S/C12H7F3N4/c13-12(14,15)10-18-8-4-1-2-5-9(8)19(10)11-16-6-3-7-17-11/h1-7H. The number of hydrogen-bond acceptors (Lipinski definition) is 3. The maximum absolute atomic E-state index is 13.0. The van der Waals surface area contributed by atoms with Gasteiger partial charge in [-0.2, -0.15) is 13.2 Å². The molecular weight excluding hydrogens is 257 g/mol.